The van der Waals surface area contributed by atoms with Crippen LogP contribution >= 0.6 is 0 Å². The highest BCUT2D eigenvalue weighted by molar-refractivity contribution is 5.91. The van der Waals surface area contributed by atoms with Crippen LogP contribution < -0.4 is 11.5 Å². The highest BCUT2D eigenvalue weighted by Gasteiger charge is 2.09. The third kappa shape index (κ3) is 1.34. The second kappa shape index (κ2) is 2.77. The Morgan fingerprint density at radius 2 is 2.25 bits per heavy atom. The zero-order valence-electron chi connectivity index (χ0n) is 6.47. The van der Waals surface area contributed by atoms with Gasteiger partial charge < -0.3 is 11.5 Å². The van der Waals surface area contributed by atoms with Crippen LogP contribution in [0.1, 0.15) is 16.2 Å². The van der Waals surface area contributed by atoms with E-state index in [2.05, 4.69) is 4.98 Å². The number of aromatic nitrogens is 1. The quantitative estimate of drug-likeness (QED) is 0.630. The number of amides is 1. The first-order valence-corrected chi connectivity index (χ1v) is 3.25. The van der Waals surface area contributed by atoms with E-state index in [-0.39, 0.29) is 17.1 Å². The van der Waals surface area contributed by atoms with Crippen LogP contribution in [0.2, 0.25) is 0 Å². The van der Waals surface area contributed by atoms with Crippen molar-refractivity contribution in [3.05, 3.63) is 23.3 Å². The van der Waals surface area contributed by atoms with Crippen LogP contribution in [0.3, 0.4) is 0 Å². The number of carbonyl (C=O) groups is 1. The van der Waals surface area contributed by atoms with Crippen molar-refractivity contribution in [1.29, 1.82) is 0 Å². The predicted molar refractivity (Wildman–Crippen MR) is 41.9 cm³/mol. The highest BCUT2D eigenvalue weighted by atomic mass is 19.1. The molecule has 1 rings (SSSR count). The topological polar surface area (TPSA) is 82.0 Å². The van der Waals surface area contributed by atoms with Gasteiger partial charge in [-0.25, -0.2) is 9.37 Å². The Kier molecular flexibility index (Phi) is 1.95. The number of hydrogen-bond acceptors (Lipinski definition) is 3. The summed E-state index contributed by atoms with van der Waals surface area (Å²) in [6.45, 7) is 1.41. The fourth-order valence-electron chi connectivity index (χ4n) is 0.808. The maximum absolute atomic E-state index is 12.8. The van der Waals surface area contributed by atoms with E-state index in [1.807, 2.05) is 0 Å². The summed E-state index contributed by atoms with van der Waals surface area (Å²) in [5.74, 6) is -1.33. The predicted octanol–water partition coefficient (Wildman–Crippen LogP) is 0.210. The van der Waals surface area contributed by atoms with Crippen molar-refractivity contribution >= 4 is 11.6 Å². The molecule has 64 valence electrons. The fraction of sp³-hybridized carbons (Fsp3) is 0.143. The van der Waals surface area contributed by atoms with Gasteiger partial charge in [0.1, 0.15) is 5.69 Å². The summed E-state index contributed by atoms with van der Waals surface area (Å²) in [6.07, 6.45) is 0. The molecule has 0 aliphatic heterocycles. The molecule has 12 heavy (non-hydrogen) atoms. The van der Waals surface area contributed by atoms with Gasteiger partial charge in [0, 0.05) is 0 Å². The first-order valence-electron chi connectivity index (χ1n) is 3.25. The number of carbonyl (C=O) groups excluding carboxylic acids is 1. The Bertz CT molecular complexity index is 314. The van der Waals surface area contributed by atoms with E-state index >= 15 is 0 Å². The van der Waals surface area contributed by atoms with E-state index in [0.717, 1.165) is 6.07 Å². The molecule has 0 unspecified atom stereocenters. The lowest BCUT2D eigenvalue weighted by Crippen LogP contribution is -2.15. The number of hydrogen-bond donors (Lipinski definition) is 2. The maximum atomic E-state index is 12.8. The Hall–Kier alpha value is -1.65. The summed E-state index contributed by atoms with van der Waals surface area (Å²) in [4.78, 5) is 14.2. The van der Waals surface area contributed by atoms with E-state index in [9.17, 15) is 9.18 Å². The average molecular weight is 169 g/mol. The molecule has 5 heteroatoms. The van der Waals surface area contributed by atoms with Gasteiger partial charge in [-0.05, 0) is 13.0 Å². The lowest BCUT2D eigenvalue weighted by atomic mass is 10.2. The number of rotatable bonds is 1. The minimum atomic E-state index is -0.718. The van der Waals surface area contributed by atoms with Gasteiger partial charge in [-0.15, -0.1) is 0 Å². The molecule has 4 nitrogen and oxygen atoms in total. The van der Waals surface area contributed by atoms with Crippen LogP contribution in [0.15, 0.2) is 6.07 Å². The monoisotopic (exact) mass is 169 g/mol. The van der Waals surface area contributed by atoms with Crippen molar-refractivity contribution in [3.63, 3.8) is 0 Å². The Morgan fingerprint density at radius 1 is 1.67 bits per heavy atom. The molecule has 4 N–H and O–H groups in total. The van der Waals surface area contributed by atoms with E-state index in [4.69, 9.17) is 11.5 Å². The third-order valence-electron chi connectivity index (χ3n) is 1.40. The van der Waals surface area contributed by atoms with Crippen LogP contribution in [0.4, 0.5) is 10.1 Å². The number of nitrogens with two attached hydrogens (primary N) is 2. The highest BCUT2D eigenvalue weighted by Crippen LogP contribution is 2.13. The molecule has 0 aromatic carbocycles. The molecule has 0 bridgehead atoms. The molecule has 1 aromatic rings. The van der Waals surface area contributed by atoms with Crippen LogP contribution in [0.25, 0.3) is 0 Å². The summed E-state index contributed by atoms with van der Waals surface area (Å²) >= 11 is 0. The van der Waals surface area contributed by atoms with Crippen molar-refractivity contribution in [2.75, 3.05) is 5.73 Å². The summed E-state index contributed by atoms with van der Waals surface area (Å²) in [6, 6.07) is 1.12. The van der Waals surface area contributed by atoms with Crippen LogP contribution in [-0.4, -0.2) is 10.9 Å². The molecule has 0 aliphatic rings. The van der Waals surface area contributed by atoms with Gasteiger partial charge in [0.2, 0.25) is 0 Å². The lowest BCUT2D eigenvalue weighted by molar-refractivity contribution is 0.0995. The molecular formula is C7H8FN3O. The number of pyridine rings is 1. The fourth-order valence-corrected chi connectivity index (χ4v) is 0.808. The molecule has 0 fully saturated rings. The normalized spacial score (nSPS) is 9.83. The number of nitrogen functional groups attached to an aromatic ring is 1. The molecule has 0 aliphatic carbocycles. The molecule has 1 amide bonds. The number of primary amides is 1. The van der Waals surface area contributed by atoms with Crippen LogP contribution in [0.5, 0.6) is 0 Å². The van der Waals surface area contributed by atoms with Crippen LogP contribution in [0, 0.1) is 12.7 Å². The van der Waals surface area contributed by atoms with Gasteiger partial charge in [0.05, 0.1) is 11.4 Å². The molecule has 0 saturated heterocycles. The van der Waals surface area contributed by atoms with Crippen molar-refractivity contribution in [2.45, 2.75) is 6.92 Å². The molecule has 0 radical (unpaired) electrons. The SMILES string of the molecule is Cc1nc(C(N)=O)cc(N)c1F. The molecule has 0 spiro atoms. The Morgan fingerprint density at radius 3 is 2.67 bits per heavy atom. The van der Waals surface area contributed by atoms with E-state index in [0.29, 0.717) is 0 Å². The first kappa shape index (κ1) is 8.45. The second-order valence-corrected chi connectivity index (χ2v) is 2.36. The van der Waals surface area contributed by atoms with Gasteiger partial charge in [-0.1, -0.05) is 0 Å². The van der Waals surface area contributed by atoms with Gasteiger partial charge in [-0.3, -0.25) is 4.79 Å². The Labute approximate surface area is 68.4 Å². The van der Waals surface area contributed by atoms with Crippen molar-refractivity contribution < 1.29 is 9.18 Å². The van der Waals surface area contributed by atoms with Crippen LogP contribution in [-0.2, 0) is 0 Å². The first-order chi connectivity index (χ1) is 5.52. The van der Waals surface area contributed by atoms with Gasteiger partial charge >= 0.3 is 0 Å². The number of anilines is 1. The van der Waals surface area contributed by atoms with E-state index in [1.165, 1.54) is 6.92 Å². The molecule has 1 aromatic heterocycles. The number of nitrogens with zero attached hydrogens (tertiary/aromatic N) is 1. The summed E-state index contributed by atoms with van der Waals surface area (Å²) in [5, 5.41) is 0. The minimum Gasteiger partial charge on any atom is -0.396 e. The summed E-state index contributed by atoms with van der Waals surface area (Å²) < 4.78 is 12.8. The largest absolute Gasteiger partial charge is 0.396 e. The van der Waals surface area contributed by atoms with Crippen molar-refractivity contribution in [2.24, 2.45) is 5.73 Å². The summed E-state index contributed by atoms with van der Waals surface area (Å²) in [7, 11) is 0. The summed E-state index contributed by atoms with van der Waals surface area (Å²) in [5.41, 5.74) is 10.1. The number of aryl methyl sites for hydroxylation is 1. The van der Waals surface area contributed by atoms with Crippen molar-refractivity contribution in [3.8, 4) is 0 Å². The van der Waals surface area contributed by atoms with E-state index in [1.54, 1.807) is 0 Å². The van der Waals surface area contributed by atoms with E-state index < -0.39 is 11.7 Å². The third-order valence-corrected chi connectivity index (χ3v) is 1.40. The molecule has 0 atom stereocenters. The second-order valence-electron chi connectivity index (χ2n) is 2.36. The molecule has 0 saturated carbocycles. The maximum Gasteiger partial charge on any atom is 0.267 e. The molecular weight excluding hydrogens is 161 g/mol. The lowest BCUT2D eigenvalue weighted by Gasteiger charge is -2.01. The number of halogens is 1. The minimum absolute atomic E-state index is 0.0219. The van der Waals surface area contributed by atoms with Crippen molar-refractivity contribution in [1.82, 2.24) is 4.98 Å². The Balaban J connectivity index is 3.31. The zero-order valence-corrected chi connectivity index (χ0v) is 6.47. The molecule has 1 heterocycles. The zero-order chi connectivity index (χ0) is 9.30. The standard InChI is InChI=1S/C7H8FN3O/c1-3-6(8)4(9)2-5(11-3)7(10)12/h2H,1H3,(H2,9,11)(H2,10,12). The van der Waals surface area contributed by atoms with Gasteiger partial charge in [0.15, 0.2) is 5.82 Å². The smallest absolute Gasteiger partial charge is 0.267 e. The average Bonchev–Trinajstić information content (AvgIpc) is 1.99. The van der Waals surface area contributed by atoms with Gasteiger partial charge in [-0.2, -0.15) is 0 Å². The van der Waals surface area contributed by atoms with Gasteiger partial charge in [0.25, 0.3) is 5.91 Å².